The van der Waals surface area contributed by atoms with Crippen molar-refractivity contribution in [2.24, 2.45) is 0 Å². The zero-order chi connectivity index (χ0) is 21.3. The van der Waals surface area contributed by atoms with Crippen LogP contribution >= 0.6 is 0 Å². The third-order valence-corrected chi connectivity index (χ3v) is 5.27. The second-order valence-corrected chi connectivity index (χ2v) is 7.18. The summed E-state index contributed by atoms with van der Waals surface area (Å²) in [6, 6.07) is 13.8. The largest absolute Gasteiger partial charge is 0.331 e. The molecule has 0 aliphatic carbocycles. The van der Waals surface area contributed by atoms with Gasteiger partial charge in [-0.1, -0.05) is 18.2 Å². The number of carbonyl (C=O) groups excluding carboxylic acids is 2. The molecule has 0 unspecified atom stereocenters. The molecular formula is C22H22N4O4. The van der Waals surface area contributed by atoms with Crippen LogP contribution in [-0.2, 0) is 22.7 Å². The lowest BCUT2D eigenvalue weighted by atomic mass is 10.2. The number of benzene rings is 2. The number of rotatable bonds is 5. The minimum Gasteiger partial charge on any atom is -0.324 e. The summed E-state index contributed by atoms with van der Waals surface area (Å²) in [6.07, 6.45) is 1.35. The van der Waals surface area contributed by atoms with Gasteiger partial charge in [0.05, 0.1) is 10.9 Å². The number of amides is 2. The molecule has 2 aromatic carbocycles. The highest BCUT2D eigenvalue weighted by molar-refractivity contribution is 5.97. The van der Waals surface area contributed by atoms with E-state index in [1.165, 1.54) is 4.57 Å². The Kier molecular flexibility index (Phi) is 5.22. The fraction of sp³-hybridized carbons (Fsp3) is 0.273. The van der Waals surface area contributed by atoms with Gasteiger partial charge in [0.25, 0.3) is 5.56 Å². The number of hydrogen-bond acceptors (Lipinski definition) is 4. The molecule has 0 saturated carbocycles. The molecule has 0 radical (unpaired) electrons. The van der Waals surface area contributed by atoms with Crippen molar-refractivity contribution in [1.29, 1.82) is 0 Å². The normalized spacial score (nSPS) is 13.8. The molecule has 1 aliphatic rings. The van der Waals surface area contributed by atoms with Crippen LogP contribution in [0.25, 0.3) is 10.9 Å². The maximum absolute atomic E-state index is 12.8. The molecule has 0 spiro atoms. The van der Waals surface area contributed by atoms with Crippen LogP contribution in [0, 0.1) is 0 Å². The second kappa shape index (κ2) is 7.98. The SMILES string of the molecule is CCn1c(=O)c2ccccc2n(CC(=O)Nc2cccc(N3CCCC3=O)c2)c1=O. The second-order valence-electron chi connectivity index (χ2n) is 7.18. The van der Waals surface area contributed by atoms with Crippen LogP contribution in [0.15, 0.2) is 58.1 Å². The van der Waals surface area contributed by atoms with Crippen molar-refractivity contribution in [3.8, 4) is 0 Å². The van der Waals surface area contributed by atoms with Crippen LogP contribution in [-0.4, -0.2) is 27.5 Å². The lowest BCUT2D eigenvalue weighted by Gasteiger charge is -2.17. The third kappa shape index (κ3) is 3.52. The monoisotopic (exact) mass is 406 g/mol. The molecule has 1 saturated heterocycles. The van der Waals surface area contributed by atoms with Gasteiger partial charge in [0.15, 0.2) is 0 Å². The van der Waals surface area contributed by atoms with Gasteiger partial charge in [-0.05, 0) is 43.7 Å². The van der Waals surface area contributed by atoms with E-state index in [0.29, 0.717) is 29.6 Å². The van der Waals surface area contributed by atoms with Crippen molar-refractivity contribution < 1.29 is 9.59 Å². The van der Waals surface area contributed by atoms with Gasteiger partial charge in [-0.3, -0.25) is 23.5 Å². The minimum atomic E-state index is -0.521. The van der Waals surface area contributed by atoms with Crippen LogP contribution in [0.1, 0.15) is 19.8 Å². The molecule has 2 heterocycles. The topological polar surface area (TPSA) is 93.4 Å². The summed E-state index contributed by atoms with van der Waals surface area (Å²) in [7, 11) is 0. The summed E-state index contributed by atoms with van der Waals surface area (Å²) in [5, 5.41) is 3.18. The number of fused-ring (bicyclic) bond motifs is 1. The minimum absolute atomic E-state index is 0.0679. The number of para-hydroxylation sites is 1. The van der Waals surface area contributed by atoms with Gasteiger partial charge in [-0.25, -0.2) is 4.79 Å². The van der Waals surface area contributed by atoms with E-state index in [9.17, 15) is 19.2 Å². The Labute approximate surface area is 172 Å². The first-order chi connectivity index (χ1) is 14.5. The molecule has 3 aromatic rings. The average Bonchev–Trinajstić information content (AvgIpc) is 3.18. The number of nitrogens with zero attached hydrogens (tertiary/aromatic N) is 3. The van der Waals surface area contributed by atoms with Gasteiger partial charge in [-0.15, -0.1) is 0 Å². The first-order valence-corrected chi connectivity index (χ1v) is 9.92. The molecule has 0 bridgehead atoms. The van der Waals surface area contributed by atoms with E-state index in [4.69, 9.17) is 0 Å². The maximum Gasteiger partial charge on any atom is 0.331 e. The highest BCUT2D eigenvalue weighted by Crippen LogP contribution is 2.24. The molecule has 1 fully saturated rings. The van der Waals surface area contributed by atoms with Crippen LogP contribution in [0.3, 0.4) is 0 Å². The van der Waals surface area contributed by atoms with Gasteiger partial charge in [-0.2, -0.15) is 0 Å². The van der Waals surface area contributed by atoms with Crippen LogP contribution in [0.4, 0.5) is 11.4 Å². The average molecular weight is 406 g/mol. The van der Waals surface area contributed by atoms with E-state index in [1.54, 1.807) is 54.3 Å². The summed E-state index contributed by atoms with van der Waals surface area (Å²) >= 11 is 0. The van der Waals surface area contributed by atoms with E-state index in [1.807, 2.05) is 6.07 Å². The summed E-state index contributed by atoms with van der Waals surface area (Å²) in [5.41, 5.74) is 0.810. The predicted octanol–water partition coefficient (Wildman–Crippen LogP) is 1.95. The third-order valence-electron chi connectivity index (χ3n) is 5.27. The number of carbonyl (C=O) groups is 2. The summed E-state index contributed by atoms with van der Waals surface area (Å²) in [6.45, 7) is 2.37. The first-order valence-electron chi connectivity index (χ1n) is 9.92. The predicted molar refractivity (Wildman–Crippen MR) is 115 cm³/mol. The van der Waals surface area contributed by atoms with Crippen LogP contribution in [0.2, 0.25) is 0 Å². The fourth-order valence-electron chi connectivity index (χ4n) is 3.82. The molecule has 0 atom stereocenters. The molecular weight excluding hydrogens is 384 g/mol. The first kappa shape index (κ1) is 19.6. The van der Waals surface area contributed by atoms with Gasteiger partial charge >= 0.3 is 5.69 Å². The van der Waals surface area contributed by atoms with E-state index in [0.717, 1.165) is 16.7 Å². The zero-order valence-corrected chi connectivity index (χ0v) is 16.6. The van der Waals surface area contributed by atoms with Gasteiger partial charge in [0.1, 0.15) is 6.54 Å². The van der Waals surface area contributed by atoms with E-state index < -0.39 is 11.6 Å². The Morgan fingerprint density at radius 1 is 1.03 bits per heavy atom. The molecule has 2 amide bonds. The molecule has 4 rings (SSSR count). The number of anilines is 2. The van der Waals surface area contributed by atoms with Crippen LogP contribution in [0.5, 0.6) is 0 Å². The molecule has 1 aromatic heterocycles. The zero-order valence-electron chi connectivity index (χ0n) is 16.6. The van der Waals surface area contributed by atoms with Crippen molar-refractivity contribution >= 4 is 34.1 Å². The van der Waals surface area contributed by atoms with Crippen molar-refractivity contribution in [3.63, 3.8) is 0 Å². The molecule has 8 heteroatoms. The van der Waals surface area contributed by atoms with Gasteiger partial charge < -0.3 is 10.2 Å². The lowest BCUT2D eigenvalue weighted by molar-refractivity contribution is -0.117. The number of nitrogens with one attached hydrogen (secondary N) is 1. The standard InChI is InChI=1S/C22H22N4O4/c1-2-24-21(29)17-9-3-4-10-18(17)26(22(24)30)14-19(27)23-15-7-5-8-16(13-15)25-12-6-11-20(25)28/h3-5,7-10,13H,2,6,11-12,14H2,1H3,(H,23,27). The van der Waals surface area contributed by atoms with E-state index in [2.05, 4.69) is 5.32 Å². The van der Waals surface area contributed by atoms with Crippen LogP contribution < -0.4 is 21.5 Å². The molecule has 8 nitrogen and oxygen atoms in total. The molecule has 1 N–H and O–H groups in total. The van der Waals surface area contributed by atoms with Gasteiger partial charge in [0.2, 0.25) is 11.8 Å². The van der Waals surface area contributed by atoms with Crippen molar-refractivity contribution in [2.75, 3.05) is 16.8 Å². The smallest absolute Gasteiger partial charge is 0.324 e. The summed E-state index contributed by atoms with van der Waals surface area (Å²) in [5.74, 6) is -0.327. The highest BCUT2D eigenvalue weighted by atomic mass is 16.2. The Hall–Kier alpha value is -3.68. The van der Waals surface area contributed by atoms with E-state index in [-0.39, 0.29) is 24.6 Å². The summed E-state index contributed by atoms with van der Waals surface area (Å²) < 4.78 is 2.43. The Bertz CT molecular complexity index is 1260. The van der Waals surface area contributed by atoms with Crippen molar-refractivity contribution in [2.45, 2.75) is 32.9 Å². The number of aromatic nitrogens is 2. The maximum atomic E-state index is 12.8. The van der Waals surface area contributed by atoms with Crippen molar-refractivity contribution in [1.82, 2.24) is 9.13 Å². The number of hydrogen-bond donors (Lipinski definition) is 1. The Morgan fingerprint density at radius 3 is 2.57 bits per heavy atom. The molecule has 154 valence electrons. The highest BCUT2D eigenvalue weighted by Gasteiger charge is 2.22. The molecule has 1 aliphatic heterocycles. The van der Waals surface area contributed by atoms with Gasteiger partial charge in [0, 0.05) is 30.9 Å². The lowest BCUT2D eigenvalue weighted by Crippen LogP contribution is -2.41. The fourth-order valence-corrected chi connectivity index (χ4v) is 3.82. The Morgan fingerprint density at radius 2 is 1.83 bits per heavy atom. The Balaban J connectivity index is 1.63. The quantitative estimate of drug-likeness (QED) is 0.701. The van der Waals surface area contributed by atoms with E-state index >= 15 is 0 Å². The van der Waals surface area contributed by atoms with Crippen molar-refractivity contribution in [3.05, 3.63) is 69.4 Å². The molecule has 30 heavy (non-hydrogen) atoms. The summed E-state index contributed by atoms with van der Waals surface area (Å²) in [4.78, 5) is 51.7.